The van der Waals surface area contributed by atoms with E-state index in [1.807, 2.05) is 6.08 Å². The van der Waals surface area contributed by atoms with Gasteiger partial charge in [0.2, 0.25) is 0 Å². The minimum atomic E-state index is -1.73. The number of rotatable bonds is 3. The maximum Gasteiger partial charge on any atom is 0.341 e. The molecule has 0 radical (unpaired) electrons. The summed E-state index contributed by atoms with van der Waals surface area (Å²) in [6.45, 7) is 11.9. The van der Waals surface area contributed by atoms with Crippen LogP contribution in [0.15, 0.2) is 23.8 Å². The third-order valence-corrected chi connectivity index (χ3v) is 7.17. The van der Waals surface area contributed by atoms with Gasteiger partial charge in [0.25, 0.3) is 0 Å². The van der Waals surface area contributed by atoms with Crippen molar-refractivity contribution < 1.29 is 43.2 Å². The van der Waals surface area contributed by atoms with Crippen LogP contribution in [-0.4, -0.2) is 64.9 Å². The number of epoxide rings is 1. The Balaban J connectivity index is 1.88. The van der Waals surface area contributed by atoms with E-state index in [2.05, 4.69) is 6.58 Å². The minimum Gasteiger partial charge on any atom is -0.455 e. The Morgan fingerprint density at radius 3 is 2.48 bits per heavy atom. The van der Waals surface area contributed by atoms with E-state index in [-0.39, 0.29) is 11.7 Å². The Kier molecular flexibility index (Phi) is 4.88. The lowest BCUT2D eigenvalue weighted by molar-refractivity contribution is -0.213. The zero-order valence-corrected chi connectivity index (χ0v) is 18.3. The zero-order chi connectivity index (χ0) is 22.9. The second-order valence-electron chi connectivity index (χ2n) is 9.24. The van der Waals surface area contributed by atoms with Crippen molar-refractivity contribution in [3.63, 3.8) is 0 Å². The molecule has 2 bridgehead atoms. The number of allylic oxidation sites excluding steroid dienone is 1. The first-order valence-corrected chi connectivity index (χ1v) is 10.4. The predicted molar refractivity (Wildman–Crippen MR) is 104 cm³/mol. The van der Waals surface area contributed by atoms with Gasteiger partial charge in [-0.25, -0.2) is 9.59 Å². The summed E-state index contributed by atoms with van der Waals surface area (Å²) in [7, 11) is 0. The van der Waals surface area contributed by atoms with Gasteiger partial charge in [-0.1, -0.05) is 19.6 Å². The van der Waals surface area contributed by atoms with Crippen LogP contribution in [-0.2, 0) is 38.1 Å². The van der Waals surface area contributed by atoms with Crippen LogP contribution in [0.2, 0.25) is 0 Å². The van der Waals surface area contributed by atoms with E-state index < -0.39 is 59.1 Å². The van der Waals surface area contributed by atoms with Gasteiger partial charge in [-0.15, -0.1) is 0 Å². The summed E-state index contributed by atoms with van der Waals surface area (Å²) >= 11 is 0. The largest absolute Gasteiger partial charge is 0.455 e. The first kappa shape index (κ1) is 22.0. The normalized spacial score (nSPS) is 47.8. The maximum absolute atomic E-state index is 13.1. The summed E-state index contributed by atoms with van der Waals surface area (Å²) in [5.74, 6) is -2.01. The average Bonchev–Trinajstić information content (AvgIpc) is 3.14. The van der Waals surface area contributed by atoms with Crippen LogP contribution in [0.5, 0.6) is 0 Å². The van der Waals surface area contributed by atoms with Gasteiger partial charge in [-0.2, -0.15) is 0 Å². The topological polar surface area (TPSA) is 121 Å². The van der Waals surface area contributed by atoms with Crippen molar-refractivity contribution in [1.29, 1.82) is 0 Å². The van der Waals surface area contributed by atoms with E-state index in [0.29, 0.717) is 18.4 Å². The number of carbonyl (C=O) groups is 3. The lowest BCUT2D eigenvalue weighted by Gasteiger charge is -2.39. The highest BCUT2D eigenvalue weighted by Crippen LogP contribution is 2.58. The molecular formula is C22H28O9. The fraction of sp³-hybridized carbons (Fsp3) is 0.682. The van der Waals surface area contributed by atoms with Gasteiger partial charge in [-0.05, 0) is 39.2 Å². The molecule has 0 aromatic rings. The molecule has 0 aromatic heterocycles. The highest BCUT2D eigenvalue weighted by Gasteiger charge is 2.75. The molecule has 0 unspecified atom stereocenters. The van der Waals surface area contributed by atoms with Crippen LogP contribution in [0.4, 0.5) is 0 Å². The van der Waals surface area contributed by atoms with Crippen LogP contribution >= 0.6 is 0 Å². The molecule has 0 aromatic carbocycles. The molecule has 0 spiro atoms. The van der Waals surface area contributed by atoms with Crippen molar-refractivity contribution in [1.82, 2.24) is 0 Å². The van der Waals surface area contributed by atoms with Crippen molar-refractivity contribution in [3.05, 3.63) is 23.8 Å². The SMILES string of the molecule is C=C1C(=O)O[C@@H]2[C@]3(C)CC/C=C(/C)[C@@H](OC(C)=O)[C@@H](OC(=O)[C@@]4(C)O[C@H]4C)[C@@]12O[C@@H]3O. The Morgan fingerprint density at radius 2 is 1.90 bits per heavy atom. The third-order valence-electron chi connectivity index (χ3n) is 7.17. The molecule has 31 heavy (non-hydrogen) atoms. The average molecular weight is 436 g/mol. The van der Waals surface area contributed by atoms with E-state index in [4.69, 9.17) is 23.7 Å². The summed E-state index contributed by atoms with van der Waals surface area (Å²) < 4.78 is 28.5. The highest BCUT2D eigenvalue weighted by atomic mass is 16.7. The lowest BCUT2D eigenvalue weighted by atomic mass is 9.72. The fourth-order valence-electron chi connectivity index (χ4n) is 4.89. The van der Waals surface area contributed by atoms with E-state index >= 15 is 0 Å². The van der Waals surface area contributed by atoms with Gasteiger partial charge in [0, 0.05) is 6.92 Å². The summed E-state index contributed by atoms with van der Waals surface area (Å²) in [5, 5.41) is 10.9. The van der Waals surface area contributed by atoms with Gasteiger partial charge in [0.05, 0.1) is 17.1 Å². The molecule has 3 fully saturated rings. The molecule has 3 aliphatic heterocycles. The van der Waals surface area contributed by atoms with Gasteiger partial charge in [0.1, 0.15) is 6.10 Å². The number of aliphatic hydroxyl groups is 1. The third kappa shape index (κ3) is 2.97. The van der Waals surface area contributed by atoms with Crippen molar-refractivity contribution in [2.45, 2.75) is 89.4 Å². The van der Waals surface area contributed by atoms with Gasteiger partial charge in [0.15, 0.2) is 29.7 Å². The second-order valence-corrected chi connectivity index (χ2v) is 9.24. The number of ether oxygens (including phenoxy) is 5. The molecular weight excluding hydrogens is 408 g/mol. The molecule has 9 heteroatoms. The summed E-state index contributed by atoms with van der Waals surface area (Å²) in [6.07, 6.45) is -2.30. The molecule has 9 nitrogen and oxygen atoms in total. The fourth-order valence-corrected chi connectivity index (χ4v) is 4.89. The Bertz CT molecular complexity index is 893. The number of hydrogen-bond donors (Lipinski definition) is 1. The standard InChI is InChI=1S/C22H28O9/c1-10-8-7-9-20(5)17-22(31-18(20)25,11(2)16(24)29-17)15(14(10)27-13(4)23)28-19(26)21(6)12(3)30-21/h8,12,14-15,17-18,25H,2,7,9H2,1,3-6H3/b10-8-/t12-,14+,15+,17+,18-,20-,21-,22-/m0/s1. The number of hydrogen-bond acceptors (Lipinski definition) is 9. The Labute approximate surface area is 180 Å². The van der Waals surface area contributed by atoms with E-state index in [9.17, 15) is 19.5 Å². The van der Waals surface area contributed by atoms with Crippen molar-refractivity contribution >= 4 is 17.9 Å². The molecule has 3 saturated heterocycles. The zero-order valence-electron chi connectivity index (χ0n) is 18.3. The molecule has 1 N–H and O–H groups in total. The molecule has 3 heterocycles. The lowest BCUT2D eigenvalue weighted by Crippen LogP contribution is -2.59. The first-order chi connectivity index (χ1) is 14.4. The minimum absolute atomic E-state index is 0.0974. The molecule has 4 rings (SSSR count). The van der Waals surface area contributed by atoms with Crippen molar-refractivity contribution in [2.24, 2.45) is 5.41 Å². The van der Waals surface area contributed by atoms with Crippen LogP contribution < -0.4 is 0 Å². The van der Waals surface area contributed by atoms with E-state index in [1.54, 1.807) is 27.7 Å². The molecule has 170 valence electrons. The van der Waals surface area contributed by atoms with Crippen LogP contribution in [0.25, 0.3) is 0 Å². The van der Waals surface area contributed by atoms with E-state index in [1.165, 1.54) is 6.92 Å². The summed E-state index contributed by atoms with van der Waals surface area (Å²) in [6, 6.07) is 0. The smallest absolute Gasteiger partial charge is 0.341 e. The first-order valence-electron chi connectivity index (χ1n) is 10.4. The monoisotopic (exact) mass is 436 g/mol. The van der Waals surface area contributed by atoms with Crippen LogP contribution in [0.1, 0.15) is 47.5 Å². The van der Waals surface area contributed by atoms with Crippen molar-refractivity contribution in [3.8, 4) is 0 Å². The van der Waals surface area contributed by atoms with Gasteiger partial charge in [-0.3, -0.25) is 4.79 Å². The molecule has 1 aliphatic carbocycles. The van der Waals surface area contributed by atoms with Crippen LogP contribution in [0.3, 0.4) is 0 Å². The van der Waals surface area contributed by atoms with Crippen molar-refractivity contribution in [2.75, 3.05) is 0 Å². The predicted octanol–water partition coefficient (Wildman–Crippen LogP) is 1.32. The number of esters is 3. The number of carbonyl (C=O) groups excluding carboxylic acids is 3. The quantitative estimate of drug-likeness (QED) is 0.230. The van der Waals surface area contributed by atoms with Gasteiger partial charge >= 0.3 is 17.9 Å². The Morgan fingerprint density at radius 1 is 1.26 bits per heavy atom. The second kappa shape index (κ2) is 6.88. The Hall–Kier alpha value is -2.23. The highest BCUT2D eigenvalue weighted by molar-refractivity contribution is 5.94. The molecule has 4 aliphatic rings. The van der Waals surface area contributed by atoms with Crippen LogP contribution in [0, 0.1) is 5.41 Å². The molecule has 0 saturated carbocycles. The van der Waals surface area contributed by atoms with E-state index in [0.717, 1.165) is 0 Å². The van der Waals surface area contributed by atoms with Gasteiger partial charge < -0.3 is 28.8 Å². The summed E-state index contributed by atoms with van der Waals surface area (Å²) in [4.78, 5) is 37.7. The summed E-state index contributed by atoms with van der Waals surface area (Å²) in [5.41, 5.74) is -3.37. The molecule has 0 amide bonds. The maximum atomic E-state index is 13.1. The molecule has 8 atom stereocenters. The number of aliphatic hydroxyl groups excluding tert-OH is 1.